The van der Waals surface area contributed by atoms with Crippen LogP contribution in [0.2, 0.25) is 0 Å². The van der Waals surface area contributed by atoms with Crippen LogP contribution in [-0.2, 0) is 20.8 Å². The largest absolute Gasteiger partial charge is 2.00 e. The first-order valence-corrected chi connectivity index (χ1v) is 3.00. The van der Waals surface area contributed by atoms with Gasteiger partial charge in [0.1, 0.15) is 0 Å². The monoisotopic (exact) mass is 268 g/mol. The Morgan fingerprint density at radius 1 is 1.43 bits per heavy atom. The van der Waals surface area contributed by atoms with Crippen LogP contribution in [0.4, 0.5) is 0 Å². The molecule has 0 spiro atoms. The van der Waals surface area contributed by atoms with Crippen molar-refractivity contribution < 1.29 is 18.4 Å². The van der Waals surface area contributed by atoms with Gasteiger partial charge in [0.15, 0.2) is 0 Å². The van der Waals surface area contributed by atoms with Crippen molar-refractivity contribution in [2.45, 2.75) is 0 Å². The van der Waals surface area contributed by atoms with Crippen LogP contribution in [0.25, 0.3) is 0 Å². The molecule has 0 aliphatic rings. The van der Waals surface area contributed by atoms with Gasteiger partial charge in [0.2, 0.25) is 0 Å². The fourth-order valence-corrected chi connectivity index (χ4v) is 0. The number of hydrogen-bond acceptors (Lipinski definition) is 4. The van der Waals surface area contributed by atoms with E-state index in [-0.39, 0.29) is 54.4 Å². The summed E-state index contributed by atoms with van der Waals surface area (Å²) in [5, 5.41) is 0. The summed E-state index contributed by atoms with van der Waals surface area (Å²) in [4.78, 5) is 0. The number of hydrogen-bond donors (Lipinski definition) is 0. The summed E-state index contributed by atoms with van der Waals surface area (Å²) in [5.41, 5.74) is 0. The van der Waals surface area contributed by atoms with E-state index in [0.717, 1.165) is 0 Å². The van der Waals surface area contributed by atoms with E-state index in [4.69, 9.17) is 13.0 Å². The van der Waals surface area contributed by atoms with E-state index in [1.807, 2.05) is 0 Å². The van der Waals surface area contributed by atoms with Crippen LogP contribution < -0.4 is 0 Å². The third-order valence-corrected chi connectivity index (χ3v) is 0. The van der Waals surface area contributed by atoms with E-state index in [1.165, 1.54) is 0 Å². The molecule has 0 aromatic heterocycles. The molecular formula is H2BaO4S2. The minimum Gasteiger partial charge on any atom is -0.768 e. The summed E-state index contributed by atoms with van der Waals surface area (Å²) in [6, 6.07) is 0. The standard InChI is InChI=1S/Ba.H2O3S2.H2O/c;1-5(2,3)4;/h;(H2,1,2,3,4);1H2/q+2;;/p-2. The van der Waals surface area contributed by atoms with Gasteiger partial charge in [-0.3, -0.25) is 8.42 Å². The van der Waals surface area contributed by atoms with Crippen molar-refractivity contribution >= 4 is 69.7 Å². The predicted octanol–water partition coefficient (Wildman–Crippen LogP) is -2.21. The van der Waals surface area contributed by atoms with E-state index in [2.05, 4.69) is 11.7 Å². The summed E-state index contributed by atoms with van der Waals surface area (Å²) in [6.45, 7) is 0. The normalized spacial score (nSPS) is 8.29. The van der Waals surface area contributed by atoms with Crippen LogP contribution in [0.3, 0.4) is 0 Å². The zero-order chi connectivity index (χ0) is 4.50. The first-order valence-electron chi connectivity index (χ1n) is 0.667. The molecule has 0 amide bonds. The van der Waals surface area contributed by atoms with Gasteiger partial charge < -0.3 is 21.7 Å². The molecule has 0 unspecified atom stereocenters. The maximum atomic E-state index is 8.89. The number of rotatable bonds is 0. The maximum Gasteiger partial charge on any atom is 2.00 e. The Hall–Kier alpha value is 1.79. The first kappa shape index (κ1) is 15.9. The Bertz CT molecular complexity index is 92.9. The fourth-order valence-electron chi connectivity index (χ4n) is 0. The molecule has 0 saturated carbocycles. The Kier molecular flexibility index (Phi) is 13.5. The van der Waals surface area contributed by atoms with Crippen molar-refractivity contribution in [3.8, 4) is 0 Å². The fraction of sp³-hybridized carbons (Fsp3) is 0. The van der Waals surface area contributed by atoms with Crippen molar-refractivity contribution in [2.75, 3.05) is 0 Å². The molecule has 4 nitrogen and oxygen atoms in total. The molecule has 0 heterocycles. The quantitative estimate of drug-likeness (QED) is 0.215. The molecule has 0 aliphatic heterocycles. The molecular weight excluding hydrogens is 265 g/mol. The van der Waals surface area contributed by atoms with E-state index in [0.29, 0.717) is 0 Å². The molecule has 0 radical (unpaired) electrons. The molecule has 0 saturated heterocycles. The van der Waals surface area contributed by atoms with E-state index in [9.17, 15) is 0 Å². The van der Waals surface area contributed by atoms with Crippen LogP contribution >= 0.6 is 0 Å². The molecule has 0 fully saturated rings. The van der Waals surface area contributed by atoms with Crippen LogP contribution in [0.1, 0.15) is 0 Å². The predicted molar refractivity (Wildman–Crippen MR) is 26.4 cm³/mol. The molecule has 2 N–H and O–H groups in total. The smallest absolute Gasteiger partial charge is 0.768 e. The second-order valence-corrected chi connectivity index (χ2v) is 2.45. The average molecular weight is 267 g/mol. The molecule has 0 bridgehead atoms. The topological polar surface area (TPSA) is 88.7 Å². The van der Waals surface area contributed by atoms with Crippen LogP contribution in [0.5, 0.6) is 0 Å². The molecule has 40 valence electrons. The van der Waals surface area contributed by atoms with E-state index >= 15 is 0 Å². The average Bonchev–Trinajstić information content (AvgIpc) is 0.722. The second-order valence-electron chi connectivity index (χ2n) is 0.408. The van der Waals surface area contributed by atoms with Crippen molar-refractivity contribution in [1.82, 2.24) is 0 Å². The summed E-state index contributed by atoms with van der Waals surface area (Å²) < 4.78 is 26.7. The minimum atomic E-state index is -4.33. The molecule has 0 aromatic carbocycles. The van der Waals surface area contributed by atoms with Gasteiger partial charge in [0, 0.05) is 0 Å². The Balaban J connectivity index is -0.0000000800. The van der Waals surface area contributed by atoms with Gasteiger partial charge in [0.25, 0.3) is 0 Å². The molecule has 7 heteroatoms. The summed E-state index contributed by atoms with van der Waals surface area (Å²) >= 11 is 3.24. The molecule has 0 aliphatic carbocycles. The van der Waals surface area contributed by atoms with Crippen molar-refractivity contribution in [2.24, 2.45) is 0 Å². The van der Waals surface area contributed by atoms with Gasteiger partial charge in [-0.05, 0) is 9.15 Å². The zero-order valence-corrected chi connectivity index (χ0v) is 9.32. The molecule has 0 aromatic rings. The SMILES string of the molecule is O.O=S(=O)([O-])[S-].[Ba+2]. The Labute approximate surface area is 86.6 Å². The summed E-state index contributed by atoms with van der Waals surface area (Å²) in [6.07, 6.45) is 0. The minimum absolute atomic E-state index is 0. The van der Waals surface area contributed by atoms with Gasteiger partial charge in [-0.25, -0.2) is 0 Å². The van der Waals surface area contributed by atoms with Crippen LogP contribution in [0, 0.1) is 0 Å². The van der Waals surface area contributed by atoms with E-state index in [1.54, 1.807) is 0 Å². The van der Waals surface area contributed by atoms with Crippen molar-refractivity contribution in [3.63, 3.8) is 0 Å². The molecule has 7 heavy (non-hydrogen) atoms. The third kappa shape index (κ3) is 81.4. The zero-order valence-electron chi connectivity index (χ0n) is 3.25. The van der Waals surface area contributed by atoms with Crippen LogP contribution in [-0.4, -0.2) is 67.3 Å². The maximum absolute atomic E-state index is 8.89. The first-order chi connectivity index (χ1) is 2.00. The Morgan fingerprint density at radius 3 is 1.43 bits per heavy atom. The van der Waals surface area contributed by atoms with Gasteiger partial charge >= 0.3 is 48.9 Å². The van der Waals surface area contributed by atoms with Gasteiger partial charge in [-0.15, -0.1) is 0 Å². The van der Waals surface area contributed by atoms with Crippen molar-refractivity contribution in [1.29, 1.82) is 0 Å². The van der Waals surface area contributed by atoms with Gasteiger partial charge in [-0.1, -0.05) is 0 Å². The van der Waals surface area contributed by atoms with E-state index < -0.39 is 9.15 Å². The summed E-state index contributed by atoms with van der Waals surface area (Å²) in [5.74, 6) is 0. The summed E-state index contributed by atoms with van der Waals surface area (Å²) in [7, 11) is -4.33. The third-order valence-electron chi connectivity index (χ3n) is 0. The van der Waals surface area contributed by atoms with Crippen LogP contribution in [0.15, 0.2) is 0 Å². The Morgan fingerprint density at radius 2 is 1.43 bits per heavy atom. The van der Waals surface area contributed by atoms with Crippen molar-refractivity contribution in [3.05, 3.63) is 0 Å². The van der Waals surface area contributed by atoms with Gasteiger partial charge in [0.05, 0.1) is 0 Å². The van der Waals surface area contributed by atoms with Gasteiger partial charge in [-0.2, -0.15) is 0 Å². The molecule has 0 atom stereocenters. The molecule has 0 rings (SSSR count). The second kappa shape index (κ2) is 5.92.